The first-order valence-electron chi connectivity index (χ1n) is 10.7. The van der Waals surface area contributed by atoms with Gasteiger partial charge in [-0.2, -0.15) is 5.10 Å². The molecule has 2 amide bonds. The number of aryl methyl sites for hydroxylation is 1. The normalized spacial score (nSPS) is 20.8. The summed E-state index contributed by atoms with van der Waals surface area (Å²) in [5.74, 6) is 0.587. The molecule has 0 saturated carbocycles. The number of ether oxygens (including phenoxy) is 1. The molecule has 0 radical (unpaired) electrons. The van der Waals surface area contributed by atoms with Crippen LogP contribution in [0, 0.1) is 5.92 Å². The zero-order valence-electron chi connectivity index (χ0n) is 17.4. The maximum absolute atomic E-state index is 13.1. The van der Waals surface area contributed by atoms with Crippen LogP contribution >= 0.6 is 0 Å². The largest absolute Gasteiger partial charge is 0.444 e. The Morgan fingerprint density at radius 1 is 1.11 bits per heavy atom. The molecule has 1 fully saturated rings. The predicted octanol–water partition coefficient (Wildman–Crippen LogP) is 2.86. The summed E-state index contributed by atoms with van der Waals surface area (Å²) in [6.45, 7) is 9.39. The van der Waals surface area contributed by atoms with Crippen molar-refractivity contribution in [2.24, 2.45) is 5.92 Å². The molecule has 1 aromatic heterocycles. The standard InChI is InChI=1S/C21H32N4O3/c1-21(2,3)28-20(27)23-10-8-15(9-11-23)14-24-12-13-25-18(19(24)26)16-6-4-5-7-17(16)22-25/h15H,4-14H2,1-3H3. The Labute approximate surface area is 167 Å². The van der Waals surface area contributed by atoms with E-state index in [9.17, 15) is 9.59 Å². The summed E-state index contributed by atoms with van der Waals surface area (Å²) in [5.41, 5.74) is 2.71. The topological polar surface area (TPSA) is 67.7 Å². The van der Waals surface area contributed by atoms with E-state index in [1.807, 2.05) is 30.4 Å². The molecule has 0 aromatic carbocycles. The number of rotatable bonds is 2. The van der Waals surface area contributed by atoms with E-state index in [2.05, 4.69) is 0 Å². The lowest BCUT2D eigenvalue weighted by atomic mass is 9.94. The maximum atomic E-state index is 13.1. The number of piperidine rings is 1. The fourth-order valence-electron chi connectivity index (χ4n) is 4.58. The second-order valence-electron chi connectivity index (χ2n) is 9.37. The number of hydrogen-bond donors (Lipinski definition) is 0. The maximum Gasteiger partial charge on any atom is 0.410 e. The van der Waals surface area contributed by atoms with Gasteiger partial charge < -0.3 is 14.5 Å². The zero-order chi connectivity index (χ0) is 19.9. The second-order valence-corrected chi connectivity index (χ2v) is 9.37. The first kappa shape index (κ1) is 19.3. The number of amides is 2. The highest BCUT2D eigenvalue weighted by atomic mass is 16.6. The minimum Gasteiger partial charge on any atom is -0.444 e. The van der Waals surface area contributed by atoms with E-state index in [1.165, 1.54) is 12.0 Å². The molecule has 1 aromatic rings. The van der Waals surface area contributed by atoms with Crippen molar-refractivity contribution >= 4 is 12.0 Å². The molecule has 0 bridgehead atoms. The van der Waals surface area contributed by atoms with E-state index in [0.717, 1.165) is 63.1 Å². The van der Waals surface area contributed by atoms with Crippen molar-refractivity contribution in [1.82, 2.24) is 19.6 Å². The predicted molar refractivity (Wildman–Crippen MR) is 105 cm³/mol. The number of hydrogen-bond acceptors (Lipinski definition) is 4. The Morgan fingerprint density at radius 2 is 1.82 bits per heavy atom. The Balaban J connectivity index is 1.34. The minimum absolute atomic E-state index is 0.150. The van der Waals surface area contributed by atoms with E-state index >= 15 is 0 Å². The highest BCUT2D eigenvalue weighted by Gasteiger charge is 2.34. The van der Waals surface area contributed by atoms with Gasteiger partial charge in [-0.3, -0.25) is 9.48 Å². The zero-order valence-corrected chi connectivity index (χ0v) is 17.4. The van der Waals surface area contributed by atoms with Crippen LogP contribution in [0.15, 0.2) is 0 Å². The summed E-state index contributed by atoms with van der Waals surface area (Å²) >= 11 is 0. The van der Waals surface area contributed by atoms with Crippen LogP contribution in [0.3, 0.4) is 0 Å². The van der Waals surface area contributed by atoms with Crippen LogP contribution < -0.4 is 0 Å². The van der Waals surface area contributed by atoms with E-state index in [1.54, 1.807) is 4.90 Å². The Morgan fingerprint density at radius 3 is 2.54 bits per heavy atom. The third-order valence-corrected chi connectivity index (χ3v) is 6.04. The molecule has 7 heteroatoms. The van der Waals surface area contributed by atoms with Gasteiger partial charge in [0.25, 0.3) is 5.91 Å². The van der Waals surface area contributed by atoms with Crippen LogP contribution in [0.1, 0.15) is 68.2 Å². The van der Waals surface area contributed by atoms with E-state index in [0.29, 0.717) is 19.0 Å². The van der Waals surface area contributed by atoms with Crippen LogP contribution in [-0.2, 0) is 24.1 Å². The van der Waals surface area contributed by atoms with Crippen molar-refractivity contribution in [3.8, 4) is 0 Å². The first-order chi connectivity index (χ1) is 13.3. The van der Waals surface area contributed by atoms with Gasteiger partial charge in [0.2, 0.25) is 0 Å². The molecule has 0 atom stereocenters. The molecule has 1 saturated heterocycles. The van der Waals surface area contributed by atoms with Gasteiger partial charge in [0, 0.05) is 31.7 Å². The van der Waals surface area contributed by atoms with Crippen LogP contribution in [0.25, 0.3) is 0 Å². The number of carbonyl (C=O) groups is 2. The number of likely N-dealkylation sites (tertiary alicyclic amines) is 1. The SMILES string of the molecule is CC(C)(C)OC(=O)N1CCC(CN2CCn3nc4c(c3C2=O)CCCC4)CC1. The summed E-state index contributed by atoms with van der Waals surface area (Å²) in [6, 6.07) is 0. The van der Waals surface area contributed by atoms with E-state index < -0.39 is 5.60 Å². The highest BCUT2D eigenvalue weighted by Crippen LogP contribution is 2.28. The molecule has 3 aliphatic rings. The van der Waals surface area contributed by atoms with E-state index in [4.69, 9.17) is 9.84 Å². The van der Waals surface area contributed by atoms with Gasteiger partial charge >= 0.3 is 6.09 Å². The van der Waals surface area contributed by atoms with Crippen LogP contribution in [0.5, 0.6) is 0 Å². The van der Waals surface area contributed by atoms with Gasteiger partial charge in [-0.1, -0.05) is 0 Å². The highest BCUT2D eigenvalue weighted by molar-refractivity contribution is 5.95. The van der Waals surface area contributed by atoms with E-state index in [-0.39, 0.29) is 12.0 Å². The fourth-order valence-corrected chi connectivity index (χ4v) is 4.58. The lowest BCUT2D eigenvalue weighted by molar-refractivity contribution is 0.0163. The van der Waals surface area contributed by atoms with Crippen molar-refractivity contribution in [3.05, 3.63) is 17.0 Å². The van der Waals surface area contributed by atoms with Crippen molar-refractivity contribution < 1.29 is 14.3 Å². The molecule has 28 heavy (non-hydrogen) atoms. The average molecular weight is 389 g/mol. The molecule has 0 spiro atoms. The number of nitrogens with zero attached hydrogens (tertiary/aromatic N) is 4. The average Bonchev–Trinajstić information content (AvgIpc) is 3.02. The minimum atomic E-state index is -0.462. The number of carbonyl (C=O) groups excluding carboxylic acids is 2. The van der Waals surface area contributed by atoms with Crippen LogP contribution in [0.2, 0.25) is 0 Å². The van der Waals surface area contributed by atoms with Crippen molar-refractivity contribution in [2.45, 2.75) is 71.4 Å². The fraction of sp³-hybridized carbons (Fsp3) is 0.762. The lowest BCUT2D eigenvalue weighted by Crippen LogP contribution is -2.47. The molecule has 154 valence electrons. The van der Waals surface area contributed by atoms with Gasteiger partial charge in [0.15, 0.2) is 0 Å². The molecular weight excluding hydrogens is 356 g/mol. The third kappa shape index (κ3) is 3.89. The summed E-state index contributed by atoms with van der Waals surface area (Å²) < 4.78 is 7.42. The third-order valence-electron chi connectivity index (χ3n) is 6.04. The van der Waals surface area contributed by atoms with Gasteiger partial charge in [-0.25, -0.2) is 4.79 Å². The molecule has 1 aliphatic carbocycles. The van der Waals surface area contributed by atoms with Crippen molar-refractivity contribution in [2.75, 3.05) is 26.2 Å². The molecule has 2 aliphatic heterocycles. The lowest BCUT2D eigenvalue weighted by Gasteiger charge is -2.36. The Kier molecular flexibility index (Phi) is 5.10. The van der Waals surface area contributed by atoms with Gasteiger partial charge in [-0.05, 0) is 65.2 Å². The quantitative estimate of drug-likeness (QED) is 0.781. The van der Waals surface area contributed by atoms with Crippen LogP contribution in [0.4, 0.5) is 4.79 Å². The molecule has 7 nitrogen and oxygen atoms in total. The summed E-state index contributed by atoms with van der Waals surface area (Å²) in [5, 5.41) is 4.69. The summed E-state index contributed by atoms with van der Waals surface area (Å²) in [4.78, 5) is 29.2. The van der Waals surface area contributed by atoms with Crippen molar-refractivity contribution in [3.63, 3.8) is 0 Å². The monoisotopic (exact) mass is 388 g/mol. The smallest absolute Gasteiger partial charge is 0.410 e. The number of fused-ring (bicyclic) bond motifs is 3. The Hall–Kier alpha value is -2.05. The first-order valence-corrected chi connectivity index (χ1v) is 10.7. The second kappa shape index (κ2) is 7.41. The van der Waals surface area contributed by atoms with Gasteiger partial charge in [0.1, 0.15) is 11.3 Å². The number of aromatic nitrogens is 2. The molecule has 0 N–H and O–H groups in total. The van der Waals surface area contributed by atoms with Gasteiger partial charge in [-0.15, -0.1) is 0 Å². The van der Waals surface area contributed by atoms with Gasteiger partial charge in [0.05, 0.1) is 12.2 Å². The summed E-state index contributed by atoms with van der Waals surface area (Å²) in [6.07, 6.45) is 5.93. The van der Waals surface area contributed by atoms with Crippen LogP contribution in [-0.4, -0.2) is 63.4 Å². The molecule has 4 rings (SSSR count). The Bertz CT molecular complexity index is 756. The molecular formula is C21H32N4O3. The molecule has 0 unspecified atom stereocenters. The van der Waals surface area contributed by atoms with Crippen molar-refractivity contribution in [1.29, 1.82) is 0 Å². The molecule has 3 heterocycles. The summed E-state index contributed by atoms with van der Waals surface area (Å²) in [7, 11) is 0.